The van der Waals surface area contributed by atoms with E-state index in [0.29, 0.717) is 12.3 Å². The van der Waals surface area contributed by atoms with Crippen molar-refractivity contribution in [3.63, 3.8) is 0 Å². The van der Waals surface area contributed by atoms with Gasteiger partial charge in [-0.2, -0.15) is 0 Å². The van der Waals surface area contributed by atoms with Crippen molar-refractivity contribution in [1.82, 2.24) is 4.90 Å². The van der Waals surface area contributed by atoms with Crippen LogP contribution in [0.15, 0.2) is 54.6 Å². The molecule has 0 aromatic heterocycles. The minimum atomic E-state index is -3.71. The molecule has 0 aliphatic carbocycles. The lowest BCUT2D eigenvalue weighted by Gasteiger charge is -2.16. The number of nitrogens with zero attached hydrogens (tertiary/aromatic N) is 1. The summed E-state index contributed by atoms with van der Waals surface area (Å²) in [5.41, 5.74) is 0.899. The first-order chi connectivity index (χ1) is 11.4. The van der Waals surface area contributed by atoms with Crippen molar-refractivity contribution in [1.29, 1.82) is 0 Å². The van der Waals surface area contributed by atoms with Gasteiger partial charge < -0.3 is 9.64 Å². The molecule has 1 aliphatic heterocycles. The third-order valence-corrected chi connectivity index (χ3v) is 5.72. The third kappa shape index (κ3) is 4.07. The fraction of sp³-hybridized carbons (Fsp3) is 0.235. The highest BCUT2D eigenvalue weighted by Gasteiger charge is 2.37. The number of hydrogen-bond donors (Lipinski definition) is 0. The van der Waals surface area contributed by atoms with E-state index in [-0.39, 0.29) is 18.9 Å². The maximum Gasteiger partial charge on any atom is 0.237 e. The molecule has 126 valence electrons. The molecular weight excluding hydrogens is 350 g/mol. The van der Waals surface area contributed by atoms with Gasteiger partial charge in [-0.3, -0.25) is 4.79 Å². The maximum absolute atomic E-state index is 11.9. The lowest BCUT2D eigenvalue weighted by Crippen LogP contribution is -2.26. The van der Waals surface area contributed by atoms with Crippen LogP contribution in [-0.2, 0) is 20.4 Å². The zero-order valence-electron chi connectivity index (χ0n) is 12.8. The molecule has 0 spiro atoms. The number of amides is 1. The van der Waals surface area contributed by atoms with Crippen LogP contribution in [0.4, 0.5) is 0 Å². The molecule has 7 heteroatoms. The number of hydrogen-bond acceptors (Lipinski definition) is 4. The van der Waals surface area contributed by atoms with Gasteiger partial charge >= 0.3 is 0 Å². The van der Waals surface area contributed by atoms with Crippen molar-refractivity contribution in [2.24, 2.45) is 0 Å². The highest BCUT2D eigenvalue weighted by atomic mass is 35.7. The molecule has 1 unspecified atom stereocenters. The van der Waals surface area contributed by atoms with Crippen LogP contribution in [-0.4, -0.2) is 31.0 Å². The number of benzene rings is 2. The van der Waals surface area contributed by atoms with Crippen molar-refractivity contribution >= 4 is 25.6 Å². The summed E-state index contributed by atoms with van der Waals surface area (Å²) >= 11 is 0. The Morgan fingerprint density at radius 2 is 1.67 bits per heavy atom. The Morgan fingerprint density at radius 3 is 2.25 bits per heavy atom. The normalized spacial score (nSPS) is 18.0. The quantitative estimate of drug-likeness (QED) is 0.763. The smallest absolute Gasteiger partial charge is 0.237 e. The summed E-state index contributed by atoms with van der Waals surface area (Å²) in [6.45, 7) is 0.486. The zero-order chi connectivity index (χ0) is 17.2. The fourth-order valence-corrected chi connectivity index (χ4v) is 3.64. The standard InChI is InChI=1S/C17H16ClNO4S/c18-24(21,22)16-10-17(20)19(12-16)11-13-6-8-15(9-7-13)23-14-4-2-1-3-5-14/h1-9,16H,10-12H2. The molecular formula is C17H16ClNO4S. The van der Waals surface area contributed by atoms with Crippen LogP contribution in [0.2, 0.25) is 0 Å². The Hall–Kier alpha value is -2.05. The van der Waals surface area contributed by atoms with Crippen molar-refractivity contribution in [3.8, 4) is 11.5 Å². The minimum absolute atomic E-state index is 0.0545. The molecule has 1 fully saturated rings. The van der Waals surface area contributed by atoms with Crippen molar-refractivity contribution < 1.29 is 17.9 Å². The predicted molar refractivity (Wildman–Crippen MR) is 91.6 cm³/mol. The zero-order valence-corrected chi connectivity index (χ0v) is 14.3. The van der Waals surface area contributed by atoms with Gasteiger partial charge in [-0.25, -0.2) is 8.42 Å². The molecule has 2 aromatic carbocycles. The first-order valence-corrected chi connectivity index (χ1v) is 9.82. The van der Waals surface area contributed by atoms with Crippen molar-refractivity contribution in [2.45, 2.75) is 18.2 Å². The first kappa shape index (κ1) is 16.8. The number of para-hydroxylation sites is 1. The van der Waals surface area contributed by atoms with E-state index in [9.17, 15) is 13.2 Å². The van der Waals surface area contributed by atoms with Gasteiger partial charge in [-0.05, 0) is 29.8 Å². The molecule has 1 heterocycles. The molecule has 3 rings (SSSR count). The highest BCUT2D eigenvalue weighted by molar-refractivity contribution is 8.14. The maximum atomic E-state index is 11.9. The lowest BCUT2D eigenvalue weighted by molar-refractivity contribution is -0.128. The number of likely N-dealkylation sites (tertiary alicyclic amines) is 1. The molecule has 0 N–H and O–H groups in total. The van der Waals surface area contributed by atoms with Gasteiger partial charge in [0, 0.05) is 30.2 Å². The number of halogens is 1. The van der Waals surface area contributed by atoms with Gasteiger partial charge in [0.1, 0.15) is 16.7 Å². The van der Waals surface area contributed by atoms with Crippen LogP contribution in [0.1, 0.15) is 12.0 Å². The van der Waals surface area contributed by atoms with E-state index in [0.717, 1.165) is 11.3 Å². The van der Waals surface area contributed by atoms with Crippen molar-refractivity contribution in [3.05, 3.63) is 60.2 Å². The molecule has 1 atom stereocenters. The molecule has 0 saturated carbocycles. The van der Waals surface area contributed by atoms with Gasteiger partial charge in [0.25, 0.3) is 0 Å². The second-order valence-electron chi connectivity index (χ2n) is 5.64. The molecule has 1 saturated heterocycles. The molecule has 0 bridgehead atoms. The largest absolute Gasteiger partial charge is 0.457 e. The summed E-state index contributed by atoms with van der Waals surface area (Å²) in [5.74, 6) is 1.24. The van der Waals surface area contributed by atoms with E-state index >= 15 is 0 Å². The van der Waals surface area contributed by atoms with Crippen LogP contribution in [0.3, 0.4) is 0 Å². The fourth-order valence-electron chi connectivity index (χ4n) is 2.59. The van der Waals surface area contributed by atoms with E-state index in [1.165, 1.54) is 4.90 Å². The molecule has 0 radical (unpaired) electrons. The lowest BCUT2D eigenvalue weighted by atomic mass is 10.2. The van der Waals surface area contributed by atoms with Crippen LogP contribution in [0.25, 0.3) is 0 Å². The van der Waals surface area contributed by atoms with Crippen LogP contribution in [0.5, 0.6) is 11.5 Å². The van der Waals surface area contributed by atoms with Crippen molar-refractivity contribution in [2.75, 3.05) is 6.54 Å². The highest BCUT2D eigenvalue weighted by Crippen LogP contribution is 2.25. The van der Waals surface area contributed by atoms with Gasteiger partial charge in [-0.15, -0.1) is 0 Å². The second-order valence-corrected chi connectivity index (χ2v) is 8.54. The number of carbonyl (C=O) groups excluding carboxylic acids is 1. The van der Waals surface area contributed by atoms with Gasteiger partial charge in [0.2, 0.25) is 15.0 Å². The van der Waals surface area contributed by atoms with E-state index in [1.807, 2.05) is 54.6 Å². The summed E-state index contributed by atoms with van der Waals surface area (Å²) in [4.78, 5) is 13.4. The SMILES string of the molecule is O=C1CC(S(=O)(=O)Cl)CN1Cc1ccc(Oc2ccccc2)cc1. The van der Waals surface area contributed by atoms with E-state index in [1.54, 1.807) is 0 Å². The van der Waals surface area contributed by atoms with Crippen LogP contribution < -0.4 is 4.74 Å². The molecule has 1 aliphatic rings. The summed E-state index contributed by atoms with van der Waals surface area (Å²) < 4.78 is 28.4. The topological polar surface area (TPSA) is 63.7 Å². The minimum Gasteiger partial charge on any atom is -0.457 e. The van der Waals surface area contributed by atoms with E-state index in [2.05, 4.69) is 0 Å². The molecule has 1 amide bonds. The van der Waals surface area contributed by atoms with Crippen LogP contribution in [0, 0.1) is 0 Å². The molecule has 24 heavy (non-hydrogen) atoms. The number of carbonyl (C=O) groups is 1. The van der Waals surface area contributed by atoms with E-state index < -0.39 is 14.3 Å². The molecule has 2 aromatic rings. The average Bonchev–Trinajstić information content (AvgIpc) is 2.92. The summed E-state index contributed by atoms with van der Waals surface area (Å²) in [6, 6.07) is 16.8. The summed E-state index contributed by atoms with van der Waals surface area (Å²) in [7, 11) is 1.64. The van der Waals surface area contributed by atoms with Crippen LogP contribution >= 0.6 is 10.7 Å². The molecule has 5 nitrogen and oxygen atoms in total. The van der Waals surface area contributed by atoms with Gasteiger partial charge in [0.05, 0.1) is 0 Å². The second kappa shape index (κ2) is 6.83. The number of ether oxygens (including phenoxy) is 1. The Bertz CT molecular complexity index is 821. The van der Waals surface area contributed by atoms with E-state index in [4.69, 9.17) is 15.4 Å². The Labute approximate surface area is 145 Å². The first-order valence-electron chi connectivity index (χ1n) is 7.45. The summed E-state index contributed by atoms with van der Waals surface area (Å²) in [6.07, 6.45) is -0.0545. The van der Waals surface area contributed by atoms with Gasteiger partial charge in [-0.1, -0.05) is 30.3 Å². The predicted octanol–water partition coefficient (Wildman–Crippen LogP) is 3.15. The monoisotopic (exact) mass is 365 g/mol. The number of rotatable bonds is 5. The summed E-state index contributed by atoms with van der Waals surface area (Å²) in [5, 5.41) is -0.827. The van der Waals surface area contributed by atoms with Gasteiger partial charge in [0.15, 0.2) is 0 Å². The Balaban J connectivity index is 1.63. The third-order valence-electron chi connectivity index (χ3n) is 3.85. The Kier molecular flexibility index (Phi) is 4.78. The average molecular weight is 366 g/mol. The Morgan fingerprint density at radius 1 is 1.04 bits per heavy atom.